The zero-order valence-corrected chi connectivity index (χ0v) is 19.2. The summed E-state index contributed by atoms with van der Waals surface area (Å²) in [4.78, 5) is 22.4. The Bertz CT molecular complexity index is 1170. The Kier molecular flexibility index (Phi) is 6.30. The van der Waals surface area contributed by atoms with Crippen LogP contribution in [0.4, 0.5) is 5.82 Å². The Morgan fingerprint density at radius 3 is 2.55 bits per heavy atom. The highest BCUT2D eigenvalue weighted by molar-refractivity contribution is 9.10. The van der Waals surface area contributed by atoms with Crippen LogP contribution in [0.2, 0.25) is 0 Å². The summed E-state index contributed by atoms with van der Waals surface area (Å²) in [5, 5.41) is 12.4. The Morgan fingerprint density at radius 2 is 1.84 bits per heavy atom. The zero-order valence-electron chi connectivity index (χ0n) is 17.6. The lowest BCUT2D eigenvalue weighted by molar-refractivity contribution is -0.115. The molecule has 1 aromatic heterocycles. The molecule has 0 atom stereocenters. The SMILES string of the molecule is CC(C)=Cc1nc2c(nc1NC(=O)Cc1ccc(Br)cc1)CCc1cc(CO)ccc1-2. The van der Waals surface area contributed by atoms with E-state index >= 15 is 0 Å². The maximum atomic E-state index is 12.7. The van der Waals surface area contributed by atoms with Crippen molar-refractivity contribution in [2.24, 2.45) is 0 Å². The molecule has 2 N–H and O–H groups in total. The van der Waals surface area contributed by atoms with Crippen LogP contribution in [0.1, 0.15) is 41.9 Å². The van der Waals surface area contributed by atoms with Gasteiger partial charge in [0.05, 0.1) is 24.4 Å². The number of hydrogen-bond donors (Lipinski definition) is 2. The number of aliphatic hydroxyl groups is 1. The van der Waals surface area contributed by atoms with Crippen molar-refractivity contribution in [3.63, 3.8) is 0 Å². The van der Waals surface area contributed by atoms with Gasteiger partial charge in [-0.15, -0.1) is 0 Å². The predicted molar refractivity (Wildman–Crippen MR) is 127 cm³/mol. The van der Waals surface area contributed by atoms with E-state index in [1.807, 2.05) is 62.4 Å². The summed E-state index contributed by atoms with van der Waals surface area (Å²) in [5.74, 6) is 0.376. The van der Waals surface area contributed by atoms with E-state index in [1.54, 1.807) is 0 Å². The van der Waals surface area contributed by atoms with Crippen LogP contribution < -0.4 is 5.32 Å². The molecule has 158 valence electrons. The number of aliphatic hydroxyl groups excluding tert-OH is 1. The number of anilines is 1. The quantitative estimate of drug-likeness (QED) is 0.535. The first-order valence-corrected chi connectivity index (χ1v) is 11.1. The molecule has 3 aromatic rings. The van der Waals surface area contributed by atoms with Gasteiger partial charge in [0.1, 0.15) is 5.69 Å². The molecule has 0 bridgehead atoms. The molecule has 0 aliphatic heterocycles. The second kappa shape index (κ2) is 9.12. The number of halogens is 1. The molecule has 5 nitrogen and oxygen atoms in total. The summed E-state index contributed by atoms with van der Waals surface area (Å²) in [5.41, 5.74) is 7.51. The fourth-order valence-corrected chi connectivity index (χ4v) is 4.00. The summed E-state index contributed by atoms with van der Waals surface area (Å²) < 4.78 is 0.981. The Balaban J connectivity index is 1.67. The number of rotatable bonds is 5. The van der Waals surface area contributed by atoms with Crippen LogP contribution in [0.3, 0.4) is 0 Å². The Labute approximate surface area is 190 Å². The smallest absolute Gasteiger partial charge is 0.230 e. The molecule has 4 rings (SSSR count). The van der Waals surface area contributed by atoms with Gasteiger partial charge in [0.2, 0.25) is 5.91 Å². The predicted octanol–water partition coefficient (Wildman–Crippen LogP) is 5.10. The number of benzene rings is 2. The van der Waals surface area contributed by atoms with Gasteiger partial charge in [-0.2, -0.15) is 0 Å². The van der Waals surface area contributed by atoms with Crippen molar-refractivity contribution in [1.82, 2.24) is 9.97 Å². The minimum absolute atomic E-state index is 0.0260. The third-order valence-corrected chi connectivity index (χ3v) is 5.72. The number of fused-ring (bicyclic) bond motifs is 3. The largest absolute Gasteiger partial charge is 0.392 e. The summed E-state index contributed by atoms with van der Waals surface area (Å²) in [6.07, 6.45) is 3.79. The summed E-state index contributed by atoms with van der Waals surface area (Å²) >= 11 is 3.41. The molecule has 2 aromatic carbocycles. The van der Waals surface area contributed by atoms with Crippen LogP contribution in [-0.4, -0.2) is 21.0 Å². The minimum atomic E-state index is -0.122. The molecule has 0 saturated carbocycles. The molecule has 0 radical (unpaired) electrons. The number of aromatic nitrogens is 2. The van der Waals surface area contributed by atoms with E-state index < -0.39 is 0 Å². The molecule has 1 heterocycles. The number of amides is 1. The van der Waals surface area contributed by atoms with Crippen LogP contribution >= 0.6 is 15.9 Å². The third kappa shape index (κ3) is 4.92. The van der Waals surface area contributed by atoms with Crippen molar-refractivity contribution in [3.05, 3.63) is 80.6 Å². The molecule has 0 unspecified atom stereocenters. The third-order valence-electron chi connectivity index (χ3n) is 5.19. The second-order valence-corrected chi connectivity index (χ2v) is 8.89. The molecule has 6 heteroatoms. The van der Waals surface area contributed by atoms with Crippen LogP contribution in [0.25, 0.3) is 17.3 Å². The van der Waals surface area contributed by atoms with Gasteiger partial charge in [-0.1, -0.05) is 51.8 Å². The van der Waals surface area contributed by atoms with Gasteiger partial charge in [-0.05, 0) is 61.6 Å². The molecular weight excluding hydrogens is 454 g/mol. The van der Waals surface area contributed by atoms with Crippen molar-refractivity contribution >= 4 is 33.7 Å². The molecule has 31 heavy (non-hydrogen) atoms. The van der Waals surface area contributed by atoms with E-state index in [0.29, 0.717) is 11.5 Å². The monoisotopic (exact) mass is 477 g/mol. The molecule has 0 saturated heterocycles. The average Bonchev–Trinajstić information content (AvgIpc) is 2.75. The number of aryl methyl sites for hydroxylation is 2. The lowest BCUT2D eigenvalue weighted by Gasteiger charge is -2.21. The van der Waals surface area contributed by atoms with Gasteiger partial charge >= 0.3 is 0 Å². The summed E-state index contributed by atoms with van der Waals surface area (Å²) in [6, 6.07) is 13.7. The average molecular weight is 478 g/mol. The topological polar surface area (TPSA) is 75.1 Å². The van der Waals surface area contributed by atoms with Gasteiger partial charge in [0.15, 0.2) is 5.82 Å². The minimum Gasteiger partial charge on any atom is -0.392 e. The highest BCUT2D eigenvalue weighted by Crippen LogP contribution is 2.34. The van der Waals surface area contributed by atoms with Crippen LogP contribution in [-0.2, 0) is 30.7 Å². The fourth-order valence-electron chi connectivity index (χ4n) is 3.74. The second-order valence-electron chi connectivity index (χ2n) is 7.98. The first kappa shape index (κ1) is 21.4. The van der Waals surface area contributed by atoms with E-state index in [1.165, 1.54) is 5.56 Å². The summed E-state index contributed by atoms with van der Waals surface area (Å²) in [7, 11) is 0. The highest BCUT2D eigenvalue weighted by Gasteiger charge is 2.22. The standard InChI is InChI=1S/C25H24BrN3O2/c1-15(2)11-22-25(29-23(31)13-16-3-7-19(26)8-4-16)28-21-10-6-18-12-17(14-30)5-9-20(18)24(21)27-22/h3-5,7-9,11-12,30H,6,10,13-14H2,1-2H3,(H,28,29,31). The highest BCUT2D eigenvalue weighted by atomic mass is 79.9. The molecule has 0 spiro atoms. The van der Waals surface area contributed by atoms with Gasteiger partial charge in [0, 0.05) is 10.0 Å². The lowest BCUT2D eigenvalue weighted by Crippen LogP contribution is -2.19. The number of nitrogens with one attached hydrogen (secondary N) is 1. The van der Waals surface area contributed by atoms with E-state index in [4.69, 9.17) is 9.97 Å². The summed E-state index contributed by atoms with van der Waals surface area (Å²) in [6.45, 7) is 4.02. The number of hydrogen-bond acceptors (Lipinski definition) is 4. The first-order valence-electron chi connectivity index (χ1n) is 10.3. The van der Waals surface area contributed by atoms with E-state index in [2.05, 4.69) is 21.2 Å². The normalized spacial score (nSPS) is 12.0. The molecule has 1 aliphatic carbocycles. The molecule has 1 aliphatic rings. The van der Waals surface area contributed by atoms with Gasteiger partial charge in [-0.3, -0.25) is 4.79 Å². The zero-order chi connectivity index (χ0) is 22.0. The van der Waals surface area contributed by atoms with Crippen LogP contribution in [0, 0.1) is 0 Å². The Hall–Kier alpha value is -2.83. The molecule has 0 fully saturated rings. The van der Waals surface area contributed by atoms with Crippen molar-refractivity contribution in [1.29, 1.82) is 0 Å². The van der Waals surface area contributed by atoms with Crippen molar-refractivity contribution < 1.29 is 9.90 Å². The maximum absolute atomic E-state index is 12.7. The van der Waals surface area contributed by atoms with E-state index in [9.17, 15) is 9.90 Å². The number of allylic oxidation sites excluding steroid dienone is 1. The van der Waals surface area contributed by atoms with Gasteiger partial charge in [-0.25, -0.2) is 9.97 Å². The van der Waals surface area contributed by atoms with Gasteiger partial charge < -0.3 is 10.4 Å². The Morgan fingerprint density at radius 1 is 1.10 bits per heavy atom. The maximum Gasteiger partial charge on any atom is 0.230 e. The van der Waals surface area contributed by atoms with E-state index in [-0.39, 0.29) is 18.9 Å². The lowest BCUT2D eigenvalue weighted by atomic mass is 9.90. The molecule has 1 amide bonds. The van der Waals surface area contributed by atoms with Crippen molar-refractivity contribution in [2.45, 2.75) is 39.7 Å². The number of carbonyl (C=O) groups excluding carboxylic acids is 1. The number of carbonyl (C=O) groups is 1. The molecular formula is C25H24BrN3O2. The van der Waals surface area contributed by atoms with E-state index in [0.717, 1.165) is 51.0 Å². The number of nitrogens with zero attached hydrogens (tertiary/aromatic N) is 2. The van der Waals surface area contributed by atoms with Crippen molar-refractivity contribution in [3.8, 4) is 11.3 Å². The van der Waals surface area contributed by atoms with Gasteiger partial charge in [0.25, 0.3) is 0 Å². The van der Waals surface area contributed by atoms with Crippen LogP contribution in [0.5, 0.6) is 0 Å². The first-order chi connectivity index (χ1) is 14.9. The van der Waals surface area contributed by atoms with Crippen LogP contribution in [0.15, 0.2) is 52.5 Å². The van der Waals surface area contributed by atoms with Crippen molar-refractivity contribution in [2.75, 3.05) is 5.32 Å². The fraction of sp³-hybridized carbons (Fsp3) is 0.240.